The number of anilines is 1. The topological polar surface area (TPSA) is 73.3 Å². The van der Waals surface area contributed by atoms with Crippen molar-refractivity contribution in [2.75, 3.05) is 5.73 Å². The van der Waals surface area contributed by atoms with Crippen LogP contribution in [0.3, 0.4) is 0 Å². The molecule has 5 N–H and O–H groups in total. The fraction of sp³-hybridized carbons (Fsp3) is 0.250. The number of rotatable bonds is 5. The quantitative estimate of drug-likeness (QED) is 0.449. The van der Waals surface area contributed by atoms with Crippen LogP contribution in [0.1, 0.15) is 31.0 Å². The Labute approximate surface area is 123 Å². The maximum Gasteiger partial charge on any atom is 0.123 e. The van der Waals surface area contributed by atoms with Crippen LogP contribution in [0.25, 0.3) is 0 Å². The number of nitrogen functional groups attached to an aromatic ring is 1. The zero-order valence-electron chi connectivity index (χ0n) is 12.1. The van der Waals surface area contributed by atoms with Gasteiger partial charge in [-0.25, -0.2) is 9.82 Å². The summed E-state index contributed by atoms with van der Waals surface area (Å²) in [7, 11) is 0. The molecule has 0 aromatic heterocycles. The first-order valence-corrected chi connectivity index (χ1v) is 6.79. The lowest BCUT2D eigenvalue weighted by molar-refractivity contribution is 0.242. The van der Waals surface area contributed by atoms with Gasteiger partial charge in [-0.3, -0.25) is 5.84 Å². The summed E-state index contributed by atoms with van der Waals surface area (Å²) in [6.45, 7) is 3.91. The molecular weight excluding hydrogens is 269 g/mol. The van der Waals surface area contributed by atoms with E-state index in [-0.39, 0.29) is 11.9 Å². The number of nitrogens with one attached hydrogen (secondary N) is 1. The zero-order chi connectivity index (χ0) is 15.4. The average molecular weight is 289 g/mol. The van der Waals surface area contributed by atoms with E-state index in [0.717, 1.165) is 11.3 Å². The summed E-state index contributed by atoms with van der Waals surface area (Å²) >= 11 is 0. The van der Waals surface area contributed by atoms with Gasteiger partial charge in [-0.2, -0.15) is 0 Å². The van der Waals surface area contributed by atoms with Crippen molar-refractivity contribution in [3.05, 3.63) is 59.4 Å². The number of ether oxygens (including phenoxy) is 1. The maximum atomic E-state index is 13.5. The van der Waals surface area contributed by atoms with Gasteiger partial charge in [-0.15, -0.1) is 0 Å². The van der Waals surface area contributed by atoms with Gasteiger partial charge in [0, 0.05) is 11.3 Å². The Kier molecular flexibility index (Phi) is 4.77. The molecule has 0 bridgehead atoms. The summed E-state index contributed by atoms with van der Waals surface area (Å²) in [4.78, 5) is 0. The lowest BCUT2D eigenvalue weighted by Gasteiger charge is -2.20. The first-order valence-electron chi connectivity index (χ1n) is 6.79. The van der Waals surface area contributed by atoms with E-state index in [9.17, 15) is 4.39 Å². The molecule has 0 aliphatic carbocycles. The number of benzene rings is 2. The summed E-state index contributed by atoms with van der Waals surface area (Å²) in [5.41, 5.74) is 10.5. The van der Waals surface area contributed by atoms with Crippen LogP contribution in [0.4, 0.5) is 10.1 Å². The monoisotopic (exact) mass is 289 g/mol. The molecule has 0 saturated carbocycles. The highest BCUT2D eigenvalue weighted by Crippen LogP contribution is 2.29. The summed E-state index contributed by atoms with van der Waals surface area (Å²) in [6, 6.07) is 11.3. The Bertz CT molecular complexity index is 616. The lowest BCUT2D eigenvalue weighted by Crippen LogP contribution is -2.29. The van der Waals surface area contributed by atoms with Gasteiger partial charge in [0.2, 0.25) is 0 Å². The molecule has 4 nitrogen and oxygen atoms in total. The fourth-order valence-corrected chi connectivity index (χ4v) is 2.20. The SMILES string of the molecule is CC(C)Oc1cccc(C(NN)c2cc(F)ccc2N)c1. The minimum absolute atomic E-state index is 0.0729. The van der Waals surface area contributed by atoms with Gasteiger partial charge >= 0.3 is 0 Å². The van der Waals surface area contributed by atoms with Crippen LogP contribution in [0.5, 0.6) is 5.75 Å². The van der Waals surface area contributed by atoms with Crippen molar-refractivity contribution >= 4 is 5.69 Å². The van der Waals surface area contributed by atoms with Crippen LogP contribution < -0.4 is 21.7 Å². The summed E-state index contributed by atoms with van der Waals surface area (Å²) in [5, 5.41) is 0. The summed E-state index contributed by atoms with van der Waals surface area (Å²) < 4.78 is 19.1. The molecule has 0 radical (unpaired) electrons. The van der Waals surface area contributed by atoms with E-state index in [1.54, 1.807) is 0 Å². The third-order valence-electron chi connectivity index (χ3n) is 3.09. The highest BCUT2D eigenvalue weighted by molar-refractivity contribution is 5.52. The molecule has 2 aromatic carbocycles. The van der Waals surface area contributed by atoms with Crippen molar-refractivity contribution in [2.24, 2.45) is 5.84 Å². The molecule has 0 saturated heterocycles. The summed E-state index contributed by atoms with van der Waals surface area (Å²) in [5.74, 6) is 6.02. The van der Waals surface area contributed by atoms with E-state index in [1.165, 1.54) is 18.2 Å². The molecule has 0 fully saturated rings. The lowest BCUT2D eigenvalue weighted by atomic mass is 9.97. The first-order chi connectivity index (χ1) is 10.0. The number of halogens is 1. The number of hydrogen-bond donors (Lipinski definition) is 3. The molecule has 0 heterocycles. The van der Waals surface area contributed by atoms with Crippen LogP contribution in [-0.4, -0.2) is 6.10 Å². The molecule has 112 valence electrons. The van der Waals surface area contributed by atoms with Gasteiger partial charge < -0.3 is 10.5 Å². The molecule has 2 aromatic rings. The van der Waals surface area contributed by atoms with E-state index >= 15 is 0 Å². The minimum Gasteiger partial charge on any atom is -0.491 e. The van der Waals surface area contributed by atoms with E-state index < -0.39 is 6.04 Å². The average Bonchev–Trinajstić information content (AvgIpc) is 2.43. The van der Waals surface area contributed by atoms with Crippen LogP contribution in [0.15, 0.2) is 42.5 Å². The third kappa shape index (κ3) is 3.71. The Morgan fingerprint density at radius 3 is 2.57 bits per heavy atom. The predicted molar refractivity (Wildman–Crippen MR) is 82.2 cm³/mol. The van der Waals surface area contributed by atoms with Crippen molar-refractivity contribution in [3.63, 3.8) is 0 Å². The van der Waals surface area contributed by atoms with E-state index in [1.807, 2.05) is 38.1 Å². The minimum atomic E-state index is -0.406. The molecule has 21 heavy (non-hydrogen) atoms. The van der Waals surface area contributed by atoms with Gasteiger partial charge in [-0.1, -0.05) is 12.1 Å². The van der Waals surface area contributed by atoms with Crippen LogP contribution in [0.2, 0.25) is 0 Å². The first kappa shape index (κ1) is 15.3. The second-order valence-corrected chi connectivity index (χ2v) is 5.11. The van der Waals surface area contributed by atoms with E-state index in [2.05, 4.69) is 5.43 Å². The third-order valence-corrected chi connectivity index (χ3v) is 3.09. The Morgan fingerprint density at radius 2 is 1.90 bits per heavy atom. The summed E-state index contributed by atoms with van der Waals surface area (Å²) in [6.07, 6.45) is 0.0729. The second-order valence-electron chi connectivity index (χ2n) is 5.11. The highest BCUT2D eigenvalue weighted by atomic mass is 19.1. The molecule has 1 atom stereocenters. The second kappa shape index (κ2) is 6.56. The van der Waals surface area contributed by atoms with Gasteiger partial charge in [-0.05, 0) is 49.7 Å². The smallest absolute Gasteiger partial charge is 0.123 e. The maximum absolute atomic E-state index is 13.5. The largest absolute Gasteiger partial charge is 0.491 e. The van der Waals surface area contributed by atoms with Crippen molar-refractivity contribution in [3.8, 4) is 5.75 Å². The predicted octanol–water partition coefficient (Wildman–Crippen LogP) is 2.75. The van der Waals surface area contributed by atoms with Gasteiger partial charge in [0.25, 0.3) is 0 Å². The number of hydrazine groups is 1. The highest BCUT2D eigenvalue weighted by Gasteiger charge is 2.17. The molecular formula is C16H20FN3O. The van der Waals surface area contributed by atoms with Crippen molar-refractivity contribution in [1.29, 1.82) is 0 Å². The molecule has 0 spiro atoms. The van der Waals surface area contributed by atoms with Gasteiger partial charge in [0.05, 0.1) is 12.1 Å². The molecule has 1 unspecified atom stereocenters. The normalized spacial score (nSPS) is 12.4. The zero-order valence-corrected chi connectivity index (χ0v) is 12.1. The van der Waals surface area contributed by atoms with Gasteiger partial charge in [0.1, 0.15) is 11.6 Å². The molecule has 0 aliphatic rings. The van der Waals surface area contributed by atoms with Crippen LogP contribution in [0, 0.1) is 5.82 Å². The van der Waals surface area contributed by atoms with Crippen molar-refractivity contribution in [1.82, 2.24) is 5.43 Å². The number of nitrogens with two attached hydrogens (primary N) is 2. The molecule has 0 amide bonds. The van der Waals surface area contributed by atoms with Gasteiger partial charge in [0.15, 0.2) is 0 Å². The fourth-order valence-electron chi connectivity index (χ4n) is 2.20. The van der Waals surface area contributed by atoms with E-state index in [4.69, 9.17) is 16.3 Å². The molecule has 2 rings (SSSR count). The molecule has 0 aliphatic heterocycles. The van der Waals surface area contributed by atoms with Crippen molar-refractivity contribution in [2.45, 2.75) is 26.0 Å². The van der Waals surface area contributed by atoms with Crippen LogP contribution >= 0.6 is 0 Å². The Hall–Kier alpha value is -2.11. The van der Waals surface area contributed by atoms with Crippen molar-refractivity contribution < 1.29 is 9.13 Å². The molecule has 5 heteroatoms. The van der Waals surface area contributed by atoms with E-state index in [0.29, 0.717) is 11.3 Å². The Balaban J connectivity index is 2.39. The standard InChI is InChI=1S/C16H20FN3O/c1-10(2)21-13-5-3-4-11(8-13)16(20-19)14-9-12(17)6-7-15(14)18/h3-10,16,20H,18-19H2,1-2H3. The Morgan fingerprint density at radius 1 is 1.14 bits per heavy atom. The number of hydrogen-bond acceptors (Lipinski definition) is 4. The van der Waals surface area contributed by atoms with Crippen LogP contribution in [-0.2, 0) is 0 Å².